The molecule has 0 aliphatic carbocycles. The summed E-state index contributed by atoms with van der Waals surface area (Å²) in [5, 5.41) is 3.20. The van der Waals surface area contributed by atoms with Crippen LogP contribution in [0.1, 0.15) is 35.2 Å². The molecule has 0 aromatic heterocycles. The van der Waals surface area contributed by atoms with E-state index in [1.165, 1.54) is 13.0 Å². The van der Waals surface area contributed by atoms with Crippen molar-refractivity contribution in [3.8, 4) is 0 Å². The van der Waals surface area contributed by atoms with E-state index in [2.05, 4.69) is 5.32 Å². The van der Waals surface area contributed by atoms with Crippen molar-refractivity contribution in [2.24, 2.45) is 5.92 Å². The van der Waals surface area contributed by atoms with E-state index < -0.39 is 17.4 Å². The van der Waals surface area contributed by atoms with Crippen LogP contribution < -0.4 is 5.32 Å². The highest BCUT2D eigenvalue weighted by molar-refractivity contribution is 5.97. The second kappa shape index (κ2) is 5.57. The number of piperidine rings is 1. The molecule has 18 heavy (non-hydrogen) atoms. The van der Waals surface area contributed by atoms with E-state index in [4.69, 9.17) is 0 Å². The zero-order chi connectivity index (χ0) is 13.1. The molecule has 0 radical (unpaired) electrons. The summed E-state index contributed by atoms with van der Waals surface area (Å²) in [6, 6.07) is 2.51. The molecule has 0 atom stereocenters. The van der Waals surface area contributed by atoms with Gasteiger partial charge in [-0.2, -0.15) is 0 Å². The third-order valence-corrected chi connectivity index (χ3v) is 3.50. The summed E-state index contributed by atoms with van der Waals surface area (Å²) in [6.07, 6.45) is 2.01. The first-order chi connectivity index (χ1) is 8.59. The molecule has 0 saturated carbocycles. The number of hydrogen-bond acceptors (Lipinski definition) is 2. The fourth-order valence-electron chi connectivity index (χ4n) is 2.36. The van der Waals surface area contributed by atoms with Crippen LogP contribution in [0.5, 0.6) is 0 Å². The van der Waals surface area contributed by atoms with Gasteiger partial charge in [0.05, 0.1) is 5.56 Å². The maximum Gasteiger partial charge on any atom is 0.169 e. The molecule has 1 aromatic carbocycles. The van der Waals surface area contributed by atoms with Crippen molar-refractivity contribution in [1.29, 1.82) is 0 Å². The second-order valence-corrected chi connectivity index (χ2v) is 4.87. The number of nitrogens with one attached hydrogen (secondary N) is 1. The van der Waals surface area contributed by atoms with Crippen molar-refractivity contribution < 1.29 is 13.6 Å². The second-order valence-electron chi connectivity index (χ2n) is 4.87. The summed E-state index contributed by atoms with van der Waals surface area (Å²) in [4.78, 5) is 12.0. The number of Topliss-reactive ketones (excluding diaryl/α,β-unsaturated/α-hetero) is 1. The smallest absolute Gasteiger partial charge is 0.169 e. The van der Waals surface area contributed by atoms with E-state index >= 15 is 0 Å². The van der Waals surface area contributed by atoms with Crippen molar-refractivity contribution in [2.45, 2.75) is 26.2 Å². The van der Waals surface area contributed by atoms with Crippen LogP contribution in [0.25, 0.3) is 0 Å². The Kier molecular flexibility index (Phi) is 4.07. The van der Waals surface area contributed by atoms with Gasteiger partial charge in [0.2, 0.25) is 0 Å². The van der Waals surface area contributed by atoms with Crippen molar-refractivity contribution in [1.82, 2.24) is 5.32 Å². The maximum absolute atomic E-state index is 13.8. The third kappa shape index (κ3) is 2.75. The van der Waals surface area contributed by atoms with Gasteiger partial charge in [0.1, 0.15) is 11.6 Å². The fraction of sp³-hybridized carbons (Fsp3) is 0.500. The first-order valence-corrected chi connectivity index (χ1v) is 6.28. The third-order valence-electron chi connectivity index (χ3n) is 3.50. The SMILES string of the molecule is Cc1ccc(F)c(C(=O)CC2CCNCC2)c1F. The van der Waals surface area contributed by atoms with Crippen molar-refractivity contribution in [3.63, 3.8) is 0 Å². The summed E-state index contributed by atoms with van der Waals surface area (Å²) in [5.74, 6) is -1.65. The zero-order valence-electron chi connectivity index (χ0n) is 10.4. The molecule has 1 saturated heterocycles. The molecule has 4 heteroatoms. The average Bonchev–Trinajstić information content (AvgIpc) is 2.36. The molecule has 1 aliphatic heterocycles. The minimum absolute atomic E-state index is 0.234. The highest BCUT2D eigenvalue weighted by Gasteiger charge is 2.23. The normalized spacial score (nSPS) is 16.8. The van der Waals surface area contributed by atoms with Gasteiger partial charge in [-0.3, -0.25) is 4.79 Å². The summed E-state index contributed by atoms with van der Waals surface area (Å²) in [5.41, 5.74) is -0.0569. The highest BCUT2D eigenvalue weighted by Crippen LogP contribution is 2.23. The Balaban J connectivity index is 2.15. The lowest BCUT2D eigenvalue weighted by atomic mass is 9.90. The van der Waals surface area contributed by atoms with Gasteiger partial charge in [0.15, 0.2) is 5.78 Å². The van der Waals surface area contributed by atoms with E-state index in [1.54, 1.807) is 0 Å². The van der Waals surface area contributed by atoms with Gasteiger partial charge >= 0.3 is 0 Å². The quantitative estimate of drug-likeness (QED) is 0.839. The predicted molar refractivity (Wildman–Crippen MR) is 65.6 cm³/mol. The van der Waals surface area contributed by atoms with E-state index in [0.717, 1.165) is 32.0 Å². The molecule has 0 spiro atoms. The lowest BCUT2D eigenvalue weighted by Crippen LogP contribution is -2.29. The Bertz CT molecular complexity index is 453. The Morgan fingerprint density at radius 1 is 1.33 bits per heavy atom. The van der Waals surface area contributed by atoms with Crippen molar-refractivity contribution in [3.05, 3.63) is 34.9 Å². The van der Waals surface area contributed by atoms with Gasteiger partial charge < -0.3 is 5.32 Å². The number of rotatable bonds is 3. The van der Waals surface area contributed by atoms with Crippen LogP contribution in [0.3, 0.4) is 0 Å². The molecule has 1 aliphatic rings. The molecule has 0 unspecified atom stereocenters. The monoisotopic (exact) mass is 253 g/mol. The molecular weight excluding hydrogens is 236 g/mol. The van der Waals surface area contributed by atoms with Gasteiger partial charge in [0, 0.05) is 6.42 Å². The Hall–Kier alpha value is -1.29. The van der Waals surface area contributed by atoms with Crippen LogP contribution in [-0.4, -0.2) is 18.9 Å². The molecule has 1 aromatic rings. The molecule has 0 amide bonds. The van der Waals surface area contributed by atoms with Crippen LogP contribution in [0.15, 0.2) is 12.1 Å². The molecule has 1 heterocycles. The number of ketones is 1. The van der Waals surface area contributed by atoms with Gasteiger partial charge in [-0.05, 0) is 50.4 Å². The van der Waals surface area contributed by atoms with Crippen LogP contribution in [0, 0.1) is 24.5 Å². The van der Waals surface area contributed by atoms with E-state index in [0.29, 0.717) is 5.56 Å². The number of carbonyl (C=O) groups is 1. The van der Waals surface area contributed by atoms with Gasteiger partial charge in [0.25, 0.3) is 0 Å². The first-order valence-electron chi connectivity index (χ1n) is 6.28. The van der Waals surface area contributed by atoms with Gasteiger partial charge in [-0.1, -0.05) is 6.07 Å². The number of hydrogen-bond donors (Lipinski definition) is 1. The lowest BCUT2D eigenvalue weighted by Gasteiger charge is -2.22. The van der Waals surface area contributed by atoms with Crippen LogP contribution in [0.4, 0.5) is 8.78 Å². The minimum Gasteiger partial charge on any atom is -0.317 e. The molecule has 2 rings (SSSR count). The average molecular weight is 253 g/mol. The zero-order valence-corrected chi connectivity index (χ0v) is 10.4. The van der Waals surface area contributed by atoms with E-state index in [9.17, 15) is 13.6 Å². The number of carbonyl (C=O) groups excluding carboxylic acids is 1. The lowest BCUT2D eigenvalue weighted by molar-refractivity contribution is 0.0944. The van der Waals surface area contributed by atoms with E-state index in [1.807, 2.05) is 0 Å². The first kappa shape index (κ1) is 13.1. The molecule has 2 nitrogen and oxygen atoms in total. The van der Waals surface area contributed by atoms with Crippen molar-refractivity contribution in [2.75, 3.05) is 13.1 Å². The topological polar surface area (TPSA) is 29.1 Å². The van der Waals surface area contributed by atoms with Crippen LogP contribution >= 0.6 is 0 Å². The summed E-state index contributed by atoms with van der Waals surface area (Å²) >= 11 is 0. The summed E-state index contributed by atoms with van der Waals surface area (Å²) in [7, 11) is 0. The summed E-state index contributed by atoms with van der Waals surface area (Å²) < 4.78 is 27.4. The number of aryl methyl sites for hydroxylation is 1. The predicted octanol–water partition coefficient (Wildman–Crippen LogP) is 2.85. The van der Waals surface area contributed by atoms with Gasteiger partial charge in [-0.25, -0.2) is 8.78 Å². The van der Waals surface area contributed by atoms with E-state index in [-0.39, 0.29) is 17.9 Å². The Morgan fingerprint density at radius 3 is 2.67 bits per heavy atom. The highest BCUT2D eigenvalue weighted by atomic mass is 19.1. The Labute approximate surface area is 105 Å². The Morgan fingerprint density at radius 2 is 2.00 bits per heavy atom. The largest absolute Gasteiger partial charge is 0.317 e. The van der Waals surface area contributed by atoms with Crippen LogP contribution in [0.2, 0.25) is 0 Å². The maximum atomic E-state index is 13.8. The fourth-order valence-corrected chi connectivity index (χ4v) is 2.36. The number of halogens is 2. The summed E-state index contributed by atoms with van der Waals surface area (Å²) in [6.45, 7) is 3.28. The molecule has 1 N–H and O–H groups in total. The van der Waals surface area contributed by atoms with Gasteiger partial charge in [-0.15, -0.1) is 0 Å². The van der Waals surface area contributed by atoms with Crippen molar-refractivity contribution >= 4 is 5.78 Å². The molecule has 1 fully saturated rings. The standard InChI is InChI=1S/C14H17F2NO/c1-9-2-3-11(15)13(14(9)16)12(18)8-10-4-6-17-7-5-10/h2-3,10,17H,4-8H2,1H3. The molecular formula is C14H17F2NO. The molecule has 98 valence electrons. The molecule has 0 bridgehead atoms. The minimum atomic E-state index is -0.753. The number of benzene rings is 1. The van der Waals surface area contributed by atoms with Crippen LogP contribution in [-0.2, 0) is 0 Å².